The summed E-state index contributed by atoms with van der Waals surface area (Å²) < 4.78 is 5.28. The van der Waals surface area contributed by atoms with Gasteiger partial charge >= 0.3 is 0 Å². The maximum Gasteiger partial charge on any atom is 0.137 e. The quantitative estimate of drug-likeness (QED) is 0.627. The number of halogens is 1. The number of hydrogen-bond donors (Lipinski definition) is 1. The predicted molar refractivity (Wildman–Crippen MR) is 68.7 cm³/mol. The Morgan fingerprint density at radius 2 is 2.18 bits per heavy atom. The van der Waals surface area contributed by atoms with Crippen molar-refractivity contribution in [1.29, 1.82) is 0 Å². The first-order chi connectivity index (χ1) is 8.22. The van der Waals surface area contributed by atoms with Gasteiger partial charge in [0.2, 0.25) is 0 Å². The highest BCUT2D eigenvalue weighted by Gasteiger charge is 2.27. The number of ether oxygens (including phenoxy) is 1. The van der Waals surface area contributed by atoms with E-state index in [4.69, 9.17) is 16.3 Å². The first kappa shape index (κ1) is 12.6. The van der Waals surface area contributed by atoms with Crippen LogP contribution in [0.4, 0.5) is 5.82 Å². The lowest BCUT2D eigenvalue weighted by Gasteiger charge is -2.11. The van der Waals surface area contributed by atoms with Crippen molar-refractivity contribution in [3.8, 4) is 0 Å². The molecule has 0 unspecified atom stereocenters. The van der Waals surface area contributed by atoms with E-state index in [9.17, 15) is 0 Å². The molecule has 1 heterocycles. The van der Waals surface area contributed by atoms with Crippen molar-refractivity contribution < 1.29 is 4.74 Å². The minimum atomic E-state index is 0.514. The van der Waals surface area contributed by atoms with Crippen LogP contribution in [0.2, 0.25) is 5.15 Å². The average Bonchev–Trinajstić information content (AvgIpc) is 3.13. The van der Waals surface area contributed by atoms with Crippen molar-refractivity contribution in [3.05, 3.63) is 16.5 Å². The molecule has 1 saturated carbocycles. The van der Waals surface area contributed by atoms with Crippen LogP contribution in [0.15, 0.2) is 0 Å². The lowest BCUT2D eigenvalue weighted by atomic mass is 10.3. The van der Waals surface area contributed by atoms with E-state index < -0.39 is 0 Å². The summed E-state index contributed by atoms with van der Waals surface area (Å²) in [6.45, 7) is 6.07. The Kier molecular flexibility index (Phi) is 4.18. The van der Waals surface area contributed by atoms with Crippen molar-refractivity contribution in [2.75, 3.05) is 25.1 Å². The molecule has 0 spiro atoms. The average molecular weight is 256 g/mol. The van der Waals surface area contributed by atoms with E-state index in [0.29, 0.717) is 17.7 Å². The lowest BCUT2D eigenvalue weighted by molar-refractivity contribution is 0.158. The summed E-state index contributed by atoms with van der Waals surface area (Å²) in [6.07, 6.45) is 2.36. The minimum absolute atomic E-state index is 0.514. The number of nitrogens with one attached hydrogen (secondary N) is 1. The topological polar surface area (TPSA) is 47.0 Å². The summed E-state index contributed by atoms with van der Waals surface area (Å²) in [6, 6.07) is 0. The number of aromatic nitrogens is 2. The molecular weight excluding hydrogens is 238 g/mol. The second kappa shape index (κ2) is 5.65. The molecule has 0 atom stereocenters. The summed E-state index contributed by atoms with van der Waals surface area (Å²) >= 11 is 6.11. The second-order valence-electron chi connectivity index (χ2n) is 4.24. The molecule has 0 radical (unpaired) electrons. The van der Waals surface area contributed by atoms with Crippen LogP contribution in [0.3, 0.4) is 0 Å². The van der Waals surface area contributed by atoms with Gasteiger partial charge in [-0.25, -0.2) is 9.97 Å². The fraction of sp³-hybridized carbons (Fsp3) is 0.667. The smallest absolute Gasteiger partial charge is 0.137 e. The maximum absolute atomic E-state index is 6.11. The Labute approximate surface area is 107 Å². The number of anilines is 1. The molecule has 2 rings (SSSR count). The third-order valence-electron chi connectivity index (χ3n) is 2.79. The van der Waals surface area contributed by atoms with Gasteiger partial charge in [-0.1, -0.05) is 11.6 Å². The van der Waals surface area contributed by atoms with Crippen LogP contribution in [0.1, 0.15) is 37.1 Å². The van der Waals surface area contributed by atoms with Crippen LogP contribution in [-0.4, -0.2) is 29.7 Å². The van der Waals surface area contributed by atoms with Gasteiger partial charge < -0.3 is 10.1 Å². The second-order valence-corrected chi connectivity index (χ2v) is 4.60. The summed E-state index contributed by atoms with van der Waals surface area (Å²) in [4.78, 5) is 8.85. The first-order valence-corrected chi connectivity index (χ1v) is 6.45. The normalized spacial score (nSPS) is 15.0. The molecular formula is C12H18ClN3O. The lowest BCUT2D eigenvalue weighted by Crippen LogP contribution is -2.12. The van der Waals surface area contributed by atoms with Gasteiger partial charge in [0.25, 0.3) is 0 Å². The molecule has 0 aromatic carbocycles. The Morgan fingerprint density at radius 1 is 1.41 bits per heavy atom. The number of hydrogen-bond acceptors (Lipinski definition) is 4. The molecule has 1 aliphatic carbocycles. The van der Waals surface area contributed by atoms with Crippen molar-refractivity contribution in [2.45, 2.75) is 32.6 Å². The van der Waals surface area contributed by atoms with Crippen molar-refractivity contribution in [2.24, 2.45) is 0 Å². The van der Waals surface area contributed by atoms with Gasteiger partial charge in [0.05, 0.1) is 6.61 Å². The van der Waals surface area contributed by atoms with Gasteiger partial charge in [-0.2, -0.15) is 0 Å². The molecule has 1 aliphatic rings. The Balaban J connectivity index is 2.03. The van der Waals surface area contributed by atoms with Gasteiger partial charge in [0, 0.05) is 24.6 Å². The summed E-state index contributed by atoms with van der Waals surface area (Å²) in [5, 5.41) is 3.81. The van der Waals surface area contributed by atoms with E-state index in [-0.39, 0.29) is 0 Å². The molecule has 1 aromatic rings. The zero-order valence-electron chi connectivity index (χ0n) is 10.3. The van der Waals surface area contributed by atoms with Gasteiger partial charge in [-0.3, -0.25) is 0 Å². The molecule has 1 fully saturated rings. The van der Waals surface area contributed by atoms with E-state index in [2.05, 4.69) is 15.3 Å². The van der Waals surface area contributed by atoms with Crippen LogP contribution in [0.25, 0.3) is 0 Å². The maximum atomic E-state index is 6.11. The van der Waals surface area contributed by atoms with E-state index in [1.807, 2.05) is 13.8 Å². The van der Waals surface area contributed by atoms with E-state index in [0.717, 1.165) is 30.4 Å². The summed E-state index contributed by atoms with van der Waals surface area (Å²) in [5.74, 6) is 2.23. The molecule has 5 heteroatoms. The first-order valence-electron chi connectivity index (χ1n) is 6.08. The van der Waals surface area contributed by atoms with Crippen molar-refractivity contribution in [3.63, 3.8) is 0 Å². The van der Waals surface area contributed by atoms with E-state index in [1.165, 1.54) is 12.8 Å². The van der Waals surface area contributed by atoms with Gasteiger partial charge in [0.15, 0.2) is 0 Å². The SMILES string of the molecule is CCOCCNc1nc(C2CC2)nc(Cl)c1C. The Bertz CT molecular complexity index is 394. The van der Waals surface area contributed by atoms with Crippen LogP contribution in [-0.2, 0) is 4.74 Å². The summed E-state index contributed by atoms with van der Waals surface area (Å²) in [5.41, 5.74) is 0.910. The zero-order chi connectivity index (χ0) is 12.3. The molecule has 0 saturated heterocycles. The predicted octanol–water partition coefficient (Wildman–Crippen LogP) is 2.76. The minimum Gasteiger partial charge on any atom is -0.380 e. The Morgan fingerprint density at radius 3 is 2.82 bits per heavy atom. The fourth-order valence-electron chi connectivity index (χ4n) is 1.59. The van der Waals surface area contributed by atoms with Gasteiger partial charge in [-0.15, -0.1) is 0 Å². The van der Waals surface area contributed by atoms with Crippen LogP contribution < -0.4 is 5.32 Å². The molecule has 0 aliphatic heterocycles. The van der Waals surface area contributed by atoms with Crippen molar-refractivity contribution in [1.82, 2.24) is 9.97 Å². The molecule has 0 bridgehead atoms. The van der Waals surface area contributed by atoms with E-state index >= 15 is 0 Å². The number of rotatable bonds is 6. The van der Waals surface area contributed by atoms with Gasteiger partial charge in [-0.05, 0) is 26.7 Å². The molecule has 0 amide bonds. The van der Waals surface area contributed by atoms with E-state index in [1.54, 1.807) is 0 Å². The zero-order valence-corrected chi connectivity index (χ0v) is 11.0. The van der Waals surface area contributed by atoms with Crippen LogP contribution in [0.5, 0.6) is 0 Å². The van der Waals surface area contributed by atoms with Crippen LogP contribution in [0, 0.1) is 6.92 Å². The fourth-order valence-corrected chi connectivity index (χ4v) is 1.76. The standard InChI is InChI=1S/C12H18ClN3O/c1-3-17-7-6-14-11-8(2)10(13)15-12(16-11)9-4-5-9/h9H,3-7H2,1-2H3,(H,14,15,16). The monoisotopic (exact) mass is 255 g/mol. The third-order valence-corrected chi connectivity index (χ3v) is 3.16. The molecule has 1 N–H and O–H groups in total. The van der Waals surface area contributed by atoms with Crippen LogP contribution >= 0.6 is 11.6 Å². The number of nitrogens with zero attached hydrogens (tertiary/aromatic N) is 2. The Hall–Kier alpha value is -0.870. The highest BCUT2D eigenvalue weighted by molar-refractivity contribution is 6.30. The highest BCUT2D eigenvalue weighted by atomic mass is 35.5. The molecule has 17 heavy (non-hydrogen) atoms. The van der Waals surface area contributed by atoms with Gasteiger partial charge in [0.1, 0.15) is 16.8 Å². The third kappa shape index (κ3) is 3.30. The largest absolute Gasteiger partial charge is 0.380 e. The molecule has 4 nitrogen and oxygen atoms in total. The molecule has 1 aromatic heterocycles. The molecule has 94 valence electrons. The van der Waals surface area contributed by atoms with Crippen molar-refractivity contribution >= 4 is 17.4 Å². The summed E-state index contributed by atoms with van der Waals surface area (Å²) in [7, 11) is 0. The highest BCUT2D eigenvalue weighted by Crippen LogP contribution is 2.39.